The molecule has 1 amide bonds. The monoisotopic (exact) mass is 623 g/mol. The van der Waals surface area contributed by atoms with Gasteiger partial charge in [0.2, 0.25) is 5.91 Å². The van der Waals surface area contributed by atoms with Crippen LogP contribution in [0.4, 0.5) is 0 Å². The van der Waals surface area contributed by atoms with E-state index in [0.29, 0.717) is 24.7 Å². The lowest BCUT2D eigenvalue weighted by atomic mass is 9.98. The van der Waals surface area contributed by atoms with E-state index in [-0.39, 0.29) is 42.7 Å². The number of imidazole rings is 1. The highest BCUT2D eigenvalue weighted by Crippen LogP contribution is 2.39. The fraction of sp³-hybridized carbons (Fsp3) is 0.281. The van der Waals surface area contributed by atoms with Gasteiger partial charge in [-0.05, 0) is 39.9 Å². The molecule has 5 rings (SSSR count). The Morgan fingerprint density at radius 2 is 1.67 bits per heavy atom. The maximum Gasteiger partial charge on any atom is 0.303 e. The Hall–Kier alpha value is -3.73. The molecule has 3 N–H and O–H groups in total. The van der Waals surface area contributed by atoms with Crippen molar-refractivity contribution in [1.82, 2.24) is 14.9 Å². The van der Waals surface area contributed by atoms with Gasteiger partial charge >= 0.3 is 5.97 Å². The van der Waals surface area contributed by atoms with Gasteiger partial charge < -0.3 is 29.6 Å². The van der Waals surface area contributed by atoms with Crippen LogP contribution in [-0.4, -0.2) is 37.7 Å². The molecule has 1 aliphatic rings. The number of amides is 1. The Balaban J connectivity index is 1.36. The number of ether oxygens (including phenoxy) is 2. The Labute approximate surface area is 259 Å². The fourth-order valence-electron chi connectivity index (χ4n) is 4.96. The molecule has 1 aromatic heterocycles. The number of carboxylic acids is 1. The van der Waals surface area contributed by atoms with Crippen molar-refractivity contribution < 1.29 is 29.3 Å². The molecule has 0 aliphatic carbocycles. The normalized spacial score (nSPS) is 18.3. The van der Waals surface area contributed by atoms with Gasteiger partial charge in [-0.15, -0.1) is 0 Å². The molecule has 9 nitrogen and oxygen atoms in total. The van der Waals surface area contributed by atoms with E-state index < -0.39 is 12.3 Å². The summed E-state index contributed by atoms with van der Waals surface area (Å²) in [5.41, 5.74) is 5.40. The van der Waals surface area contributed by atoms with Crippen LogP contribution in [0.1, 0.15) is 53.9 Å². The summed E-state index contributed by atoms with van der Waals surface area (Å²) in [6.07, 6.45) is 0.684. The first-order chi connectivity index (χ1) is 20.8. The number of benzene rings is 3. The summed E-state index contributed by atoms with van der Waals surface area (Å²) in [6, 6.07) is 23.4. The molecule has 11 heteroatoms. The van der Waals surface area contributed by atoms with Gasteiger partial charge in [-0.25, -0.2) is 4.98 Å². The van der Waals surface area contributed by atoms with E-state index in [1.807, 2.05) is 72.8 Å². The molecule has 1 fully saturated rings. The predicted octanol–water partition coefficient (Wildman–Crippen LogP) is 6.08. The smallest absolute Gasteiger partial charge is 0.303 e. The molecule has 0 spiro atoms. The van der Waals surface area contributed by atoms with Crippen LogP contribution in [0.3, 0.4) is 0 Å². The molecule has 43 heavy (non-hydrogen) atoms. The molecule has 3 atom stereocenters. The number of hydrogen-bond donors (Lipinski definition) is 3. The number of aliphatic hydroxyl groups excluding tert-OH is 1. The van der Waals surface area contributed by atoms with Crippen molar-refractivity contribution in [3.05, 3.63) is 112 Å². The first-order valence-electron chi connectivity index (χ1n) is 13.8. The second-order valence-electron chi connectivity index (χ2n) is 10.3. The molecule has 1 saturated heterocycles. The lowest BCUT2D eigenvalue weighted by Crippen LogP contribution is -2.32. The number of aliphatic carboxylic acids is 1. The van der Waals surface area contributed by atoms with Crippen LogP contribution in [0.15, 0.2) is 79.1 Å². The average Bonchev–Trinajstić information content (AvgIpc) is 3.35. The number of aliphatic hydroxyl groups is 1. The third-order valence-electron chi connectivity index (χ3n) is 7.22. The molecule has 0 saturated carbocycles. The van der Waals surface area contributed by atoms with Crippen molar-refractivity contribution in [1.29, 1.82) is 0 Å². The molecule has 224 valence electrons. The van der Waals surface area contributed by atoms with Crippen molar-refractivity contribution in [3.63, 3.8) is 0 Å². The molecule has 2 heterocycles. The highest BCUT2D eigenvalue weighted by Gasteiger charge is 2.33. The van der Waals surface area contributed by atoms with E-state index in [1.54, 1.807) is 10.9 Å². The minimum Gasteiger partial charge on any atom is -0.481 e. The number of carbonyl (C=O) groups is 2. The highest BCUT2D eigenvalue weighted by atomic mass is 35.5. The van der Waals surface area contributed by atoms with E-state index in [4.69, 9.17) is 37.8 Å². The summed E-state index contributed by atoms with van der Waals surface area (Å²) >= 11 is 12.4. The number of hydrogen-bond acceptors (Lipinski definition) is 6. The van der Waals surface area contributed by atoms with Crippen LogP contribution in [0.2, 0.25) is 10.3 Å². The maximum atomic E-state index is 12.0. The summed E-state index contributed by atoms with van der Waals surface area (Å²) in [5, 5.41) is 21.6. The van der Waals surface area contributed by atoms with Crippen LogP contribution < -0.4 is 5.32 Å². The zero-order chi connectivity index (χ0) is 30.3. The number of carboxylic acid groups (broad SMARTS) is 1. The summed E-state index contributed by atoms with van der Waals surface area (Å²) in [6.45, 7) is 0.689. The van der Waals surface area contributed by atoms with Gasteiger partial charge in [0.15, 0.2) is 11.4 Å². The van der Waals surface area contributed by atoms with Gasteiger partial charge in [0, 0.05) is 24.9 Å². The Kier molecular flexibility index (Phi) is 10.1. The molecule has 3 aromatic carbocycles. The van der Waals surface area contributed by atoms with Crippen molar-refractivity contribution in [2.24, 2.45) is 0 Å². The second kappa shape index (κ2) is 14.2. The first-order valence-corrected chi connectivity index (χ1v) is 14.6. The first kappa shape index (κ1) is 30.7. The van der Waals surface area contributed by atoms with Crippen molar-refractivity contribution >= 4 is 35.1 Å². The molecule has 3 unspecified atom stereocenters. The summed E-state index contributed by atoms with van der Waals surface area (Å²) in [7, 11) is 0. The van der Waals surface area contributed by atoms with E-state index in [0.717, 1.165) is 33.4 Å². The van der Waals surface area contributed by atoms with Gasteiger partial charge in [-0.3, -0.25) is 9.59 Å². The lowest BCUT2D eigenvalue weighted by molar-refractivity contribution is -0.252. The minimum atomic E-state index is -1.00. The van der Waals surface area contributed by atoms with Gasteiger partial charge in [0.25, 0.3) is 0 Å². The highest BCUT2D eigenvalue weighted by molar-refractivity contribution is 6.40. The predicted molar refractivity (Wildman–Crippen MR) is 161 cm³/mol. The van der Waals surface area contributed by atoms with Crippen molar-refractivity contribution in [2.45, 2.75) is 57.5 Å². The number of aromatic nitrogens is 2. The zero-order valence-electron chi connectivity index (χ0n) is 23.2. The van der Waals surface area contributed by atoms with E-state index in [9.17, 15) is 14.7 Å². The molecule has 1 aliphatic heterocycles. The Bertz CT molecular complexity index is 1580. The van der Waals surface area contributed by atoms with Crippen LogP contribution >= 0.6 is 23.2 Å². The second-order valence-corrected chi connectivity index (χ2v) is 11.0. The summed E-state index contributed by atoms with van der Waals surface area (Å²) in [4.78, 5) is 26.8. The van der Waals surface area contributed by atoms with E-state index >= 15 is 0 Å². The van der Waals surface area contributed by atoms with Crippen LogP contribution in [0.25, 0.3) is 11.1 Å². The van der Waals surface area contributed by atoms with Crippen LogP contribution in [0, 0.1) is 0 Å². The van der Waals surface area contributed by atoms with E-state index in [2.05, 4.69) is 10.3 Å². The molecular weight excluding hydrogens is 593 g/mol. The van der Waals surface area contributed by atoms with Crippen molar-refractivity contribution in [2.75, 3.05) is 0 Å². The summed E-state index contributed by atoms with van der Waals surface area (Å²) < 4.78 is 14.7. The fourth-order valence-corrected chi connectivity index (χ4v) is 5.27. The third-order valence-corrected chi connectivity index (χ3v) is 7.99. The van der Waals surface area contributed by atoms with Gasteiger partial charge in [0.1, 0.15) is 5.15 Å². The molecule has 0 radical (unpaired) electrons. The largest absolute Gasteiger partial charge is 0.481 e. The number of halogens is 2. The molecule has 4 aromatic rings. The number of carbonyl (C=O) groups excluding carboxylic acids is 1. The van der Waals surface area contributed by atoms with E-state index in [1.165, 1.54) is 0 Å². The average molecular weight is 625 g/mol. The molecule has 0 bridgehead atoms. The SMILES string of the molecule is O=C(O)CCC(=O)NCc1cccc(-c2cccc(C3OC(Cn4cnc(Cl)c4Cl)CC(c4ccc(CO)cc4)O3)c2)c1. The topological polar surface area (TPSA) is 123 Å². The van der Waals surface area contributed by atoms with Gasteiger partial charge in [-0.2, -0.15) is 0 Å². The maximum absolute atomic E-state index is 12.0. The van der Waals surface area contributed by atoms with Gasteiger partial charge in [-0.1, -0.05) is 83.9 Å². The van der Waals surface area contributed by atoms with Crippen LogP contribution in [0.5, 0.6) is 0 Å². The zero-order valence-corrected chi connectivity index (χ0v) is 24.7. The minimum absolute atomic E-state index is 0.0366. The van der Waals surface area contributed by atoms with Crippen molar-refractivity contribution in [3.8, 4) is 11.1 Å². The Morgan fingerprint density at radius 3 is 2.37 bits per heavy atom. The number of rotatable bonds is 11. The standard InChI is InChI=1S/C32H31Cl2N3O6/c33-30-31(34)37(19-36-30)17-26-15-27(22-9-7-20(18-38)8-10-22)43-32(42-26)25-6-2-5-24(14-25)23-4-1-3-21(13-23)16-35-28(39)11-12-29(40)41/h1-10,13-14,19,26-27,32,38H,11-12,15-18H2,(H,35,39)(H,40,41). The quantitative estimate of drug-likeness (QED) is 0.185. The summed E-state index contributed by atoms with van der Waals surface area (Å²) in [5.74, 6) is -1.31. The van der Waals surface area contributed by atoms with Crippen LogP contribution in [-0.2, 0) is 38.8 Å². The number of nitrogens with zero attached hydrogens (tertiary/aromatic N) is 2. The third kappa shape index (κ3) is 8.01. The molecular formula is C32H31Cl2N3O6. The van der Waals surface area contributed by atoms with Gasteiger partial charge in [0.05, 0.1) is 38.1 Å². The Morgan fingerprint density at radius 1 is 0.930 bits per heavy atom. The number of nitrogens with one attached hydrogen (secondary N) is 1. The lowest BCUT2D eigenvalue weighted by Gasteiger charge is -2.36.